The lowest BCUT2D eigenvalue weighted by Crippen LogP contribution is -2.61. The zero-order valence-electron chi connectivity index (χ0n) is 39.4. The highest BCUT2D eigenvalue weighted by Gasteiger charge is 2.47. The van der Waals surface area contributed by atoms with Crippen molar-refractivity contribution in [1.29, 1.82) is 0 Å². The summed E-state index contributed by atoms with van der Waals surface area (Å²) in [5.74, 6) is -0.983. The first kappa shape index (κ1) is 58.8. The molecular formula is C51H82O15. The number of hydrogen-bond acceptors (Lipinski definition) is 15. The van der Waals surface area contributed by atoms with Crippen molar-refractivity contribution < 1.29 is 73.8 Å². The number of carbonyl (C=O) groups is 2. The zero-order chi connectivity index (χ0) is 48.2. The predicted molar refractivity (Wildman–Crippen MR) is 252 cm³/mol. The Morgan fingerprint density at radius 2 is 0.985 bits per heavy atom. The van der Waals surface area contributed by atoms with Crippen LogP contribution in [-0.4, -0.2) is 142 Å². The third-order valence-electron chi connectivity index (χ3n) is 11.0. The molecule has 0 radical (unpaired) electrons. The summed E-state index contributed by atoms with van der Waals surface area (Å²) in [5.41, 5.74) is 0. The molecule has 376 valence electrons. The molecule has 2 rings (SSSR count). The van der Waals surface area contributed by atoms with Crippen molar-refractivity contribution in [2.75, 3.05) is 26.4 Å². The van der Waals surface area contributed by atoms with Gasteiger partial charge in [-0.25, -0.2) is 0 Å². The second kappa shape index (κ2) is 37.6. The van der Waals surface area contributed by atoms with E-state index in [9.17, 15) is 45.3 Å². The Kier molecular flexibility index (Phi) is 33.5. The number of rotatable bonds is 35. The van der Waals surface area contributed by atoms with Crippen molar-refractivity contribution in [2.24, 2.45) is 0 Å². The number of carbonyl (C=O) groups excluding carboxylic acids is 2. The van der Waals surface area contributed by atoms with Crippen LogP contribution in [0.3, 0.4) is 0 Å². The van der Waals surface area contributed by atoms with Gasteiger partial charge in [0, 0.05) is 12.8 Å². The van der Waals surface area contributed by atoms with Crippen LogP contribution in [0, 0.1) is 0 Å². The van der Waals surface area contributed by atoms with Gasteiger partial charge in [0.1, 0.15) is 55.4 Å². The van der Waals surface area contributed by atoms with Crippen LogP contribution in [0.1, 0.15) is 129 Å². The van der Waals surface area contributed by atoms with Gasteiger partial charge in [-0.1, -0.05) is 137 Å². The Morgan fingerprint density at radius 3 is 1.61 bits per heavy atom. The van der Waals surface area contributed by atoms with Crippen LogP contribution in [-0.2, 0) is 38.0 Å². The van der Waals surface area contributed by atoms with Crippen molar-refractivity contribution in [2.45, 2.75) is 197 Å². The Labute approximate surface area is 393 Å². The van der Waals surface area contributed by atoms with E-state index < -0.39 is 99.3 Å². The van der Waals surface area contributed by atoms with Crippen molar-refractivity contribution in [3.8, 4) is 0 Å². The molecule has 2 saturated heterocycles. The Balaban J connectivity index is 1.85. The molecule has 0 saturated carbocycles. The van der Waals surface area contributed by atoms with Crippen molar-refractivity contribution in [3.63, 3.8) is 0 Å². The van der Waals surface area contributed by atoms with Crippen LogP contribution in [0.5, 0.6) is 0 Å². The van der Waals surface area contributed by atoms with Crippen LogP contribution in [0.25, 0.3) is 0 Å². The van der Waals surface area contributed by atoms with E-state index in [1.807, 2.05) is 36.5 Å². The summed E-state index contributed by atoms with van der Waals surface area (Å²) in [5, 5.41) is 72.0. The van der Waals surface area contributed by atoms with Gasteiger partial charge >= 0.3 is 11.9 Å². The van der Waals surface area contributed by atoms with Gasteiger partial charge in [-0.3, -0.25) is 9.59 Å². The molecule has 2 aliphatic rings. The molecule has 4 unspecified atom stereocenters. The molecule has 11 atom stereocenters. The maximum absolute atomic E-state index is 13.0. The van der Waals surface area contributed by atoms with Crippen molar-refractivity contribution in [3.05, 3.63) is 85.1 Å². The largest absolute Gasteiger partial charge is 0.462 e. The average molecular weight is 935 g/mol. The molecule has 7 N–H and O–H groups in total. The maximum atomic E-state index is 13.0. The fraction of sp³-hybridized carbons (Fsp3) is 0.686. The molecule has 0 aliphatic carbocycles. The minimum atomic E-state index is -1.78. The summed E-state index contributed by atoms with van der Waals surface area (Å²) in [6.45, 7) is 2.26. The second-order valence-corrected chi connectivity index (χ2v) is 16.6. The predicted octanol–water partition coefficient (Wildman–Crippen LogP) is 6.04. The minimum absolute atomic E-state index is 0.135. The molecule has 15 heteroatoms. The highest BCUT2D eigenvalue weighted by molar-refractivity contribution is 5.70. The first-order valence-corrected chi connectivity index (χ1v) is 24.2. The first-order valence-electron chi connectivity index (χ1n) is 24.2. The Hall–Kier alpha value is -3.32. The van der Waals surface area contributed by atoms with Gasteiger partial charge < -0.3 is 64.2 Å². The molecule has 2 heterocycles. The number of hydrogen-bond donors (Lipinski definition) is 7. The average Bonchev–Trinajstić information content (AvgIpc) is 3.31. The molecule has 0 aromatic rings. The minimum Gasteiger partial charge on any atom is -0.462 e. The number of aliphatic hydroxyl groups is 7. The lowest BCUT2D eigenvalue weighted by Gasteiger charge is -2.42. The molecular weight excluding hydrogens is 853 g/mol. The lowest BCUT2D eigenvalue weighted by atomic mass is 9.98. The molecule has 0 bridgehead atoms. The van der Waals surface area contributed by atoms with Gasteiger partial charge in [0.15, 0.2) is 18.7 Å². The van der Waals surface area contributed by atoms with E-state index in [1.165, 1.54) is 0 Å². The zero-order valence-corrected chi connectivity index (χ0v) is 39.4. The molecule has 2 fully saturated rings. The van der Waals surface area contributed by atoms with E-state index in [0.717, 1.165) is 89.9 Å². The molecule has 66 heavy (non-hydrogen) atoms. The topological polar surface area (TPSA) is 231 Å². The van der Waals surface area contributed by atoms with E-state index in [2.05, 4.69) is 62.5 Å². The smallest absolute Gasteiger partial charge is 0.306 e. The summed E-state index contributed by atoms with van der Waals surface area (Å²) >= 11 is 0. The summed E-state index contributed by atoms with van der Waals surface area (Å²) in [6.07, 6.45) is 27.6. The molecule has 0 aromatic carbocycles. The number of allylic oxidation sites excluding steroid dienone is 14. The number of aliphatic hydroxyl groups excluding tert-OH is 7. The molecule has 2 aliphatic heterocycles. The van der Waals surface area contributed by atoms with Crippen LogP contribution >= 0.6 is 0 Å². The van der Waals surface area contributed by atoms with E-state index >= 15 is 0 Å². The summed E-state index contributed by atoms with van der Waals surface area (Å²) in [6, 6.07) is 0. The lowest BCUT2D eigenvalue weighted by molar-refractivity contribution is -0.332. The highest BCUT2D eigenvalue weighted by Crippen LogP contribution is 2.26. The Bertz CT molecular complexity index is 1470. The highest BCUT2D eigenvalue weighted by atomic mass is 16.7. The van der Waals surface area contributed by atoms with Gasteiger partial charge in [-0.15, -0.1) is 0 Å². The van der Waals surface area contributed by atoms with Gasteiger partial charge in [-0.05, 0) is 64.2 Å². The molecule has 0 aromatic heterocycles. The molecule has 0 amide bonds. The summed E-state index contributed by atoms with van der Waals surface area (Å²) in [4.78, 5) is 25.7. The summed E-state index contributed by atoms with van der Waals surface area (Å²) in [7, 11) is 0. The number of esters is 2. The van der Waals surface area contributed by atoms with Crippen LogP contribution in [0.2, 0.25) is 0 Å². The quantitative estimate of drug-likeness (QED) is 0.0166. The van der Waals surface area contributed by atoms with Crippen molar-refractivity contribution in [1.82, 2.24) is 0 Å². The van der Waals surface area contributed by atoms with Gasteiger partial charge in [0.2, 0.25) is 0 Å². The standard InChI is InChI=1S/C51H82O15/c1-3-5-7-9-11-13-15-17-19-21-23-25-27-29-31-33-42(53)61-36-39(64-43(54)34-32-30-28-26-24-22-20-18-16-14-12-10-8-6-4-2)37-62-50-49(60)47(58)45(56)41(66-50)38-63-51-48(59)46(57)44(55)40(35-52)65-51/h5-9,11-15,17-20,39-41,44-52,55-60H,3-4,10,16,21-38H2,1-2H3/b7-5+,8-6+,11-9+,14-12+,15-13+,19-17+,20-18+/t39-,40-,41-,44+,45+,46?,47?,48?,49?,50-,51-/m1/s1. The van der Waals surface area contributed by atoms with E-state index in [4.69, 9.17) is 28.4 Å². The van der Waals surface area contributed by atoms with Crippen molar-refractivity contribution >= 4 is 11.9 Å². The first-order chi connectivity index (χ1) is 32.0. The van der Waals surface area contributed by atoms with Crippen LogP contribution < -0.4 is 0 Å². The third kappa shape index (κ3) is 25.7. The fourth-order valence-corrected chi connectivity index (χ4v) is 7.00. The van der Waals surface area contributed by atoms with Crippen LogP contribution in [0.15, 0.2) is 85.1 Å². The number of unbranched alkanes of at least 4 members (excludes halogenated alkanes) is 10. The van der Waals surface area contributed by atoms with Gasteiger partial charge in [0.25, 0.3) is 0 Å². The van der Waals surface area contributed by atoms with E-state index in [0.29, 0.717) is 12.8 Å². The second-order valence-electron chi connectivity index (χ2n) is 16.6. The summed E-state index contributed by atoms with van der Waals surface area (Å²) < 4.78 is 33.5. The van der Waals surface area contributed by atoms with E-state index in [1.54, 1.807) is 0 Å². The SMILES string of the molecule is CC/C=C/C=C/C=C/C=C/CCCCCCCC(=O)OC[C@H](CO[C@@H]1O[C@H](CO[C@@H]2O[C@H](CO)[C@H](O)C(O)C2O)[C@H](O)C(O)C1O)OC(=O)CCCCCCC/C=C/C/C=C/C/C=C/CC. The van der Waals surface area contributed by atoms with Crippen LogP contribution in [0.4, 0.5) is 0 Å². The normalized spacial score (nSPS) is 26.9. The van der Waals surface area contributed by atoms with Gasteiger partial charge in [0.05, 0.1) is 19.8 Å². The third-order valence-corrected chi connectivity index (χ3v) is 11.0. The molecule has 0 spiro atoms. The van der Waals surface area contributed by atoms with Gasteiger partial charge in [-0.2, -0.15) is 0 Å². The number of ether oxygens (including phenoxy) is 6. The fourth-order valence-electron chi connectivity index (χ4n) is 7.00. The Morgan fingerprint density at radius 1 is 0.500 bits per heavy atom. The monoisotopic (exact) mass is 935 g/mol. The van der Waals surface area contributed by atoms with E-state index in [-0.39, 0.29) is 19.4 Å². The molecule has 15 nitrogen and oxygen atoms in total. The maximum Gasteiger partial charge on any atom is 0.306 e.